The van der Waals surface area contributed by atoms with E-state index in [1.807, 2.05) is 0 Å². The van der Waals surface area contributed by atoms with E-state index >= 15 is 0 Å². The van der Waals surface area contributed by atoms with Gasteiger partial charge in [0.05, 0.1) is 16.6 Å². The first-order chi connectivity index (χ1) is 9.51. The SMILES string of the molecule is Cc1cc(CO)cnc1Oc1ccc([N+](=O)[O-])cc1Cl. The molecule has 1 heterocycles. The summed E-state index contributed by atoms with van der Waals surface area (Å²) in [4.78, 5) is 14.2. The molecule has 6 nitrogen and oxygen atoms in total. The highest BCUT2D eigenvalue weighted by atomic mass is 35.5. The largest absolute Gasteiger partial charge is 0.437 e. The molecule has 0 saturated carbocycles. The van der Waals surface area contributed by atoms with Gasteiger partial charge in [0.25, 0.3) is 5.69 Å². The second-order valence-electron chi connectivity index (χ2n) is 4.10. The topological polar surface area (TPSA) is 85.5 Å². The summed E-state index contributed by atoms with van der Waals surface area (Å²) in [5.74, 6) is 0.613. The zero-order valence-corrected chi connectivity index (χ0v) is 11.3. The van der Waals surface area contributed by atoms with Crippen LogP contribution in [0.25, 0.3) is 0 Å². The van der Waals surface area contributed by atoms with Crippen LogP contribution in [0.4, 0.5) is 5.69 Å². The molecule has 0 spiro atoms. The van der Waals surface area contributed by atoms with E-state index in [2.05, 4.69) is 4.98 Å². The molecule has 0 fully saturated rings. The van der Waals surface area contributed by atoms with E-state index in [1.165, 1.54) is 24.4 Å². The van der Waals surface area contributed by atoms with E-state index in [0.717, 1.165) is 5.56 Å². The number of aliphatic hydroxyl groups excluding tert-OH is 1. The van der Waals surface area contributed by atoms with Gasteiger partial charge in [0.15, 0.2) is 0 Å². The molecule has 0 atom stereocenters. The Hall–Kier alpha value is -2.18. The molecule has 7 heteroatoms. The van der Waals surface area contributed by atoms with Crippen molar-refractivity contribution in [1.29, 1.82) is 0 Å². The van der Waals surface area contributed by atoms with Crippen molar-refractivity contribution in [3.05, 3.63) is 56.7 Å². The minimum Gasteiger partial charge on any atom is -0.437 e. The van der Waals surface area contributed by atoms with Crippen molar-refractivity contribution < 1.29 is 14.8 Å². The van der Waals surface area contributed by atoms with Crippen LogP contribution in [0.3, 0.4) is 0 Å². The van der Waals surface area contributed by atoms with Crippen molar-refractivity contribution in [2.45, 2.75) is 13.5 Å². The average molecular weight is 295 g/mol. The van der Waals surface area contributed by atoms with Gasteiger partial charge < -0.3 is 9.84 Å². The van der Waals surface area contributed by atoms with E-state index in [1.54, 1.807) is 13.0 Å². The lowest BCUT2D eigenvalue weighted by Crippen LogP contribution is -1.95. The predicted octanol–water partition coefficient (Wildman–Crippen LogP) is 3.24. The molecule has 1 aromatic carbocycles. The predicted molar refractivity (Wildman–Crippen MR) is 73.1 cm³/mol. The van der Waals surface area contributed by atoms with Gasteiger partial charge in [-0.25, -0.2) is 4.98 Å². The Labute approximate surface area is 119 Å². The lowest BCUT2D eigenvalue weighted by atomic mass is 10.2. The summed E-state index contributed by atoms with van der Waals surface area (Å²) in [5, 5.41) is 19.8. The van der Waals surface area contributed by atoms with E-state index in [0.29, 0.717) is 11.4 Å². The van der Waals surface area contributed by atoms with Gasteiger partial charge in [0.2, 0.25) is 5.88 Å². The molecule has 0 aliphatic carbocycles. The summed E-state index contributed by atoms with van der Waals surface area (Å²) in [6.45, 7) is 1.67. The van der Waals surface area contributed by atoms with Crippen molar-refractivity contribution in [3.63, 3.8) is 0 Å². The van der Waals surface area contributed by atoms with Crippen LogP contribution in [0, 0.1) is 17.0 Å². The number of hydrogen-bond donors (Lipinski definition) is 1. The average Bonchev–Trinajstić information content (AvgIpc) is 2.42. The molecule has 2 rings (SSSR count). The van der Waals surface area contributed by atoms with Gasteiger partial charge in [0.1, 0.15) is 5.75 Å². The number of nitrogens with zero attached hydrogens (tertiary/aromatic N) is 2. The number of benzene rings is 1. The van der Waals surface area contributed by atoms with Crippen LogP contribution in [-0.2, 0) is 6.61 Å². The Bertz CT molecular complexity index is 661. The highest BCUT2D eigenvalue weighted by molar-refractivity contribution is 6.32. The first kappa shape index (κ1) is 14.2. The zero-order chi connectivity index (χ0) is 14.7. The summed E-state index contributed by atoms with van der Waals surface area (Å²) in [6.07, 6.45) is 1.49. The molecule has 20 heavy (non-hydrogen) atoms. The Morgan fingerprint density at radius 2 is 2.20 bits per heavy atom. The van der Waals surface area contributed by atoms with E-state index < -0.39 is 4.92 Å². The first-order valence-corrected chi connectivity index (χ1v) is 6.07. The standard InChI is InChI=1S/C13H11ClN2O4/c1-8-4-9(7-17)6-15-13(8)20-12-3-2-10(16(18)19)5-11(12)14/h2-6,17H,7H2,1H3. The van der Waals surface area contributed by atoms with Crippen LogP contribution in [0.5, 0.6) is 11.6 Å². The molecule has 0 unspecified atom stereocenters. The number of nitro groups is 1. The molecule has 2 aromatic rings. The fourth-order valence-electron chi connectivity index (χ4n) is 1.60. The van der Waals surface area contributed by atoms with Crippen molar-refractivity contribution in [3.8, 4) is 11.6 Å². The second-order valence-corrected chi connectivity index (χ2v) is 4.50. The number of nitro benzene ring substituents is 1. The minimum atomic E-state index is -0.533. The molecule has 0 bridgehead atoms. The smallest absolute Gasteiger partial charge is 0.271 e. The summed E-state index contributed by atoms with van der Waals surface area (Å²) >= 11 is 5.94. The number of aryl methyl sites for hydroxylation is 1. The van der Waals surface area contributed by atoms with E-state index in [-0.39, 0.29) is 23.1 Å². The summed E-state index contributed by atoms with van der Waals surface area (Å²) in [7, 11) is 0. The van der Waals surface area contributed by atoms with Gasteiger partial charge in [-0.05, 0) is 24.6 Å². The maximum atomic E-state index is 10.6. The highest BCUT2D eigenvalue weighted by Gasteiger charge is 2.12. The number of ether oxygens (including phenoxy) is 1. The fraction of sp³-hybridized carbons (Fsp3) is 0.154. The molecule has 0 amide bonds. The van der Waals surface area contributed by atoms with Crippen LogP contribution in [0.15, 0.2) is 30.5 Å². The summed E-state index contributed by atoms with van der Waals surface area (Å²) in [5.41, 5.74) is 1.29. The van der Waals surface area contributed by atoms with Crippen molar-refractivity contribution in [1.82, 2.24) is 4.98 Å². The molecule has 0 radical (unpaired) electrons. The van der Waals surface area contributed by atoms with Gasteiger partial charge in [-0.15, -0.1) is 0 Å². The maximum absolute atomic E-state index is 10.6. The Morgan fingerprint density at radius 1 is 1.45 bits per heavy atom. The molecule has 1 aromatic heterocycles. The number of hydrogen-bond acceptors (Lipinski definition) is 5. The summed E-state index contributed by atoms with van der Waals surface area (Å²) < 4.78 is 5.53. The highest BCUT2D eigenvalue weighted by Crippen LogP contribution is 2.32. The van der Waals surface area contributed by atoms with E-state index in [9.17, 15) is 10.1 Å². The van der Waals surface area contributed by atoms with Crippen LogP contribution in [0.1, 0.15) is 11.1 Å². The molecule has 0 aliphatic rings. The summed E-state index contributed by atoms with van der Waals surface area (Å²) in [6, 6.07) is 5.68. The van der Waals surface area contributed by atoms with Gasteiger partial charge in [-0.2, -0.15) is 0 Å². The number of non-ortho nitro benzene ring substituents is 1. The quantitative estimate of drug-likeness (QED) is 0.691. The molecule has 0 aliphatic heterocycles. The van der Waals surface area contributed by atoms with Crippen molar-refractivity contribution in [2.24, 2.45) is 0 Å². The third-order valence-electron chi connectivity index (χ3n) is 2.60. The number of aliphatic hydroxyl groups is 1. The lowest BCUT2D eigenvalue weighted by molar-refractivity contribution is -0.384. The van der Waals surface area contributed by atoms with Crippen LogP contribution in [-0.4, -0.2) is 15.0 Å². The van der Waals surface area contributed by atoms with Crippen LogP contribution in [0.2, 0.25) is 5.02 Å². The molecular formula is C13H11ClN2O4. The lowest BCUT2D eigenvalue weighted by Gasteiger charge is -2.09. The third kappa shape index (κ3) is 3.04. The van der Waals surface area contributed by atoms with Gasteiger partial charge in [0, 0.05) is 23.9 Å². The molecule has 104 valence electrons. The number of aromatic nitrogens is 1. The monoisotopic (exact) mass is 294 g/mol. The van der Waals surface area contributed by atoms with Gasteiger partial charge in [-0.1, -0.05) is 11.6 Å². The number of rotatable bonds is 4. The van der Waals surface area contributed by atoms with Crippen molar-refractivity contribution in [2.75, 3.05) is 0 Å². The van der Waals surface area contributed by atoms with Gasteiger partial charge >= 0.3 is 0 Å². The normalized spacial score (nSPS) is 10.3. The zero-order valence-electron chi connectivity index (χ0n) is 10.5. The minimum absolute atomic E-state index is 0.105. The Morgan fingerprint density at radius 3 is 2.75 bits per heavy atom. The molecular weight excluding hydrogens is 284 g/mol. The third-order valence-corrected chi connectivity index (χ3v) is 2.90. The first-order valence-electron chi connectivity index (χ1n) is 5.69. The second kappa shape index (κ2) is 5.85. The van der Waals surface area contributed by atoms with Crippen LogP contribution < -0.4 is 4.74 Å². The Balaban J connectivity index is 2.28. The molecule has 1 N–H and O–H groups in total. The maximum Gasteiger partial charge on any atom is 0.271 e. The number of pyridine rings is 1. The molecule has 0 saturated heterocycles. The van der Waals surface area contributed by atoms with Crippen molar-refractivity contribution >= 4 is 17.3 Å². The Kier molecular flexibility index (Phi) is 4.16. The van der Waals surface area contributed by atoms with E-state index in [4.69, 9.17) is 21.4 Å². The van der Waals surface area contributed by atoms with Gasteiger partial charge in [-0.3, -0.25) is 10.1 Å². The number of halogens is 1. The van der Waals surface area contributed by atoms with Crippen LogP contribution >= 0.6 is 11.6 Å². The fourth-order valence-corrected chi connectivity index (χ4v) is 1.82.